The van der Waals surface area contributed by atoms with Crippen LogP contribution in [0.1, 0.15) is 24.9 Å². The maximum atomic E-state index is 11.3. The first-order chi connectivity index (χ1) is 8.51. The number of hydrogen-bond donors (Lipinski definition) is 1. The molecule has 0 aromatic heterocycles. The third-order valence-corrected chi connectivity index (χ3v) is 3.18. The van der Waals surface area contributed by atoms with Crippen molar-refractivity contribution in [2.24, 2.45) is 0 Å². The Labute approximate surface area is 115 Å². The zero-order chi connectivity index (χ0) is 13.7. The van der Waals surface area contributed by atoms with Crippen LogP contribution in [0.15, 0.2) is 18.2 Å². The standard InChI is InChI=1S/C12H13Cl2NO3/c1-2-5-15(7-16)11(12(17)18)8-3-4-9(13)10(14)6-8/h3-4,6-7,11H,2,5H2,1H3,(H,17,18). The summed E-state index contributed by atoms with van der Waals surface area (Å²) in [6, 6.07) is 3.50. The minimum Gasteiger partial charge on any atom is -0.479 e. The third-order valence-electron chi connectivity index (χ3n) is 2.44. The first-order valence-electron chi connectivity index (χ1n) is 5.40. The average Bonchev–Trinajstić information content (AvgIpc) is 2.32. The molecule has 0 aliphatic heterocycles. The highest BCUT2D eigenvalue weighted by Gasteiger charge is 2.26. The number of carboxylic acids is 1. The fourth-order valence-electron chi connectivity index (χ4n) is 1.66. The predicted molar refractivity (Wildman–Crippen MR) is 69.9 cm³/mol. The van der Waals surface area contributed by atoms with E-state index in [1.807, 2.05) is 6.92 Å². The van der Waals surface area contributed by atoms with Gasteiger partial charge in [0, 0.05) is 6.54 Å². The van der Waals surface area contributed by atoms with Gasteiger partial charge in [0.2, 0.25) is 6.41 Å². The van der Waals surface area contributed by atoms with Crippen LogP contribution in [0.3, 0.4) is 0 Å². The van der Waals surface area contributed by atoms with Gasteiger partial charge in [-0.3, -0.25) is 4.79 Å². The van der Waals surface area contributed by atoms with Crippen LogP contribution in [0.4, 0.5) is 0 Å². The van der Waals surface area contributed by atoms with Crippen molar-refractivity contribution in [2.75, 3.05) is 6.54 Å². The van der Waals surface area contributed by atoms with Gasteiger partial charge in [0.25, 0.3) is 0 Å². The molecule has 1 unspecified atom stereocenters. The quantitative estimate of drug-likeness (QED) is 0.819. The molecule has 98 valence electrons. The molecule has 0 bridgehead atoms. The Balaban J connectivity index is 3.14. The van der Waals surface area contributed by atoms with Crippen LogP contribution in [0.5, 0.6) is 0 Å². The number of halogens is 2. The molecular weight excluding hydrogens is 277 g/mol. The summed E-state index contributed by atoms with van der Waals surface area (Å²) in [5.41, 5.74) is 0.428. The van der Waals surface area contributed by atoms with Gasteiger partial charge < -0.3 is 10.0 Å². The van der Waals surface area contributed by atoms with Crippen molar-refractivity contribution in [3.8, 4) is 0 Å². The Hall–Kier alpha value is -1.26. The summed E-state index contributed by atoms with van der Waals surface area (Å²) in [6.07, 6.45) is 1.20. The molecule has 0 aliphatic carbocycles. The van der Waals surface area contributed by atoms with Crippen LogP contribution in [0.2, 0.25) is 10.0 Å². The molecule has 6 heteroatoms. The zero-order valence-electron chi connectivity index (χ0n) is 9.77. The fraction of sp³-hybridized carbons (Fsp3) is 0.333. The van der Waals surface area contributed by atoms with E-state index < -0.39 is 12.0 Å². The van der Waals surface area contributed by atoms with Crippen molar-refractivity contribution in [3.63, 3.8) is 0 Å². The van der Waals surface area contributed by atoms with Crippen LogP contribution in [-0.2, 0) is 9.59 Å². The van der Waals surface area contributed by atoms with Crippen LogP contribution in [-0.4, -0.2) is 28.9 Å². The minimum atomic E-state index is -1.10. The van der Waals surface area contributed by atoms with Gasteiger partial charge in [0.1, 0.15) is 0 Å². The van der Waals surface area contributed by atoms with Crippen molar-refractivity contribution in [1.29, 1.82) is 0 Å². The molecule has 1 rings (SSSR count). The second-order valence-corrected chi connectivity index (χ2v) is 4.57. The van der Waals surface area contributed by atoms with Crippen molar-refractivity contribution in [1.82, 2.24) is 4.90 Å². The van der Waals surface area contributed by atoms with Crippen LogP contribution in [0, 0.1) is 0 Å². The van der Waals surface area contributed by atoms with E-state index in [0.717, 1.165) is 0 Å². The van der Waals surface area contributed by atoms with Crippen molar-refractivity contribution in [2.45, 2.75) is 19.4 Å². The van der Waals surface area contributed by atoms with Crippen LogP contribution < -0.4 is 0 Å². The van der Waals surface area contributed by atoms with Crippen LogP contribution in [0.25, 0.3) is 0 Å². The Kier molecular flexibility index (Phi) is 5.44. The molecule has 0 aliphatic rings. The molecular formula is C12H13Cl2NO3. The number of carbonyl (C=O) groups excluding carboxylic acids is 1. The predicted octanol–water partition coefficient (Wildman–Crippen LogP) is 2.99. The van der Waals surface area contributed by atoms with Gasteiger partial charge in [-0.15, -0.1) is 0 Å². The van der Waals surface area contributed by atoms with Gasteiger partial charge in [-0.1, -0.05) is 36.2 Å². The number of carbonyl (C=O) groups is 2. The molecule has 0 radical (unpaired) electrons. The Morgan fingerprint density at radius 3 is 2.56 bits per heavy atom. The minimum absolute atomic E-state index is 0.266. The number of aliphatic carboxylic acids is 1. The summed E-state index contributed by atoms with van der Waals surface area (Å²) in [7, 11) is 0. The lowest BCUT2D eigenvalue weighted by Gasteiger charge is -2.25. The first-order valence-corrected chi connectivity index (χ1v) is 6.15. The van der Waals surface area contributed by atoms with Gasteiger partial charge in [0.05, 0.1) is 10.0 Å². The second kappa shape index (κ2) is 6.61. The largest absolute Gasteiger partial charge is 0.479 e. The van der Waals surface area contributed by atoms with E-state index in [2.05, 4.69) is 0 Å². The topological polar surface area (TPSA) is 57.6 Å². The van der Waals surface area contributed by atoms with Crippen molar-refractivity contribution < 1.29 is 14.7 Å². The van der Waals surface area contributed by atoms with E-state index in [1.54, 1.807) is 6.07 Å². The lowest BCUT2D eigenvalue weighted by atomic mass is 10.1. The molecule has 1 amide bonds. The van der Waals surface area contributed by atoms with Crippen molar-refractivity contribution in [3.05, 3.63) is 33.8 Å². The molecule has 4 nitrogen and oxygen atoms in total. The van der Waals surface area contributed by atoms with Crippen molar-refractivity contribution >= 4 is 35.6 Å². The van der Waals surface area contributed by atoms with Gasteiger partial charge in [0.15, 0.2) is 6.04 Å². The molecule has 0 fully saturated rings. The van der Waals surface area contributed by atoms with Gasteiger partial charge in [-0.05, 0) is 24.1 Å². The lowest BCUT2D eigenvalue weighted by Crippen LogP contribution is -2.33. The maximum absolute atomic E-state index is 11.3. The smallest absolute Gasteiger partial charge is 0.331 e. The highest BCUT2D eigenvalue weighted by molar-refractivity contribution is 6.42. The Morgan fingerprint density at radius 1 is 1.44 bits per heavy atom. The lowest BCUT2D eigenvalue weighted by molar-refractivity contribution is -0.146. The highest BCUT2D eigenvalue weighted by atomic mass is 35.5. The normalized spacial score (nSPS) is 11.9. The highest BCUT2D eigenvalue weighted by Crippen LogP contribution is 2.28. The average molecular weight is 290 g/mol. The summed E-state index contributed by atoms with van der Waals surface area (Å²) in [5, 5.41) is 9.85. The van der Waals surface area contributed by atoms with E-state index in [-0.39, 0.29) is 5.02 Å². The number of carboxylic acid groups (broad SMARTS) is 1. The Bertz CT molecular complexity index is 451. The number of nitrogens with zero attached hydrogens (tertiary/aromatic N) is 1. The molecule has 18 heavy (non-hydrogen) atoms. The molecule has 0 heterocycles. The summed E-state index contributed by atoms with van der Waals surface area (Å²) < 4.78 is 0. The molecule has 0 saturated carbocycles. The number of amides is 1. The number of rotatable bonds is 6. The van der Waals surface area contributed by atoms with Gasteiger partial charge >= 0.3 is 5.97 Å². The molecule has 1 N–H and O–H groups in total. The molecule has 1 aromatic carbocycles. The number of hydrogen-bond acceptors (Lipinski definition) is 2. The fourth-order valence-corrected chi connectivity index (χ4v) is 1.97. The van der Waals surface area contributed by atoms with Gasteiger partial charge in [-0.25, -0.2) is 4.79 Å². The summed E-state index contributed by atoms with van der Waals surface area (Å²) in [5.74, 6) is -1.10. The molecule has 1 aromatic rings. The molecule has 0 spiro atoms. The SMILES string of the molecule is CCCN(C=O)C(C(=O)O)c1ccc(Cl)c(Cl)c1. The summed E-state index contributed by atoms with van der Waals surface area (Å²) >= 11 is 11.6. The Morgan fingerprint density at radius 2 is 2.11 bits per heavy atom. The van der Waals surface area contributed by atoms with Crippen LogP contribution >= 0.6 is 23.2 Å². The monoisotopic (exact) mass is 289 g/mol. The van der Waals surface area contributed by atoms with E-state index in [0.29, 0.717) is 30.0 Å². The summed E-state index contributed by atoms with van der Waals surface area (Å²) in [4.78, 5) is 23.5. The molecule has 1 atom stereocenters. The van der Waals surface area contributed by atoms with E-state index in [4.69, 9.17) is 23.2 Å². The zero-order valence-corrected chi connectivity index (χ0v) is 11.3. The van der Waals surface area contributed by atoms with Gasteiger partial charge in [-0.2, -0.15) is 0 Å². The van der Waals surface area contributed by atoms with E-state index in [9.17, 15) is 14.7 Å². The third kappa shape index (κ3) is 3.37. The van der Waals surface area contributed by atoms with E-state index in [1.165, 1.54) is 17.0 Å². The number of benzene rings is 1. The summed E-state index contributed by atoms with van der Waals surface area (Å²) in [6.45, 7) is 2.23. The second-order valence-electron chi connectivity index (χ2n) is 3.76. The molecule has 0 saturated heterocycles. The van der Waals surface area contributed by atoms with E-state index >= 15 is 0 Å². The maximum Gasteiger partial charge on any atom is 0.331 e. The first kappa shape index (κ1) is 14.8.